The van der Waals surface area contributed by atoms with Gasteiger partial charge in [-0.15, -0.1) is 0 Å². The van der Waals surface area contributed by atoms with Crippen LogP contribution in [-0.4, -0.2) is 74.0 Å². The zero-order valence-corrected chi connectivity index (χ0v) is 22.1. The van der Waals surface area contributed by atoms with E-state index in [1.165, 1.54) is 5.56 Å². The lowest BCUT2D eigenvalue weighted by Gasteiger charge is -2.44. The zero-order valence-electron chi connectivity index (χ0n) is 22.1. The summed E-state index contributed by atoms with van der Waals surface area (Å²) in [6.45, 7) is 4.64. The number of aromatic nitrogens is 2. The molecule has 0 radical (unpaired) electrons. The van der Waals surface area contributed by atoms with Crippen LogP contribution in [0.25, 0.3) is 10.9 Å². The average Bonchev–Trinajstić information content (AvgIpc) is 2.97. The molecule has 3 aliphatic rings. The fourth-order valence-electron chi connectivity index (χ4n) is 6.11. The molecule has 3 aliphatic heterocycles. The van der Waals surface area contributed by atoms with Gasteiger partial charge in [0.05, 0.1) is 25.4 Å². The van der Waals surface area contributed by atoms with Gasteiger partial charge < -0.3 is 24.0 Å². The fraction of sp³-hybridized carbons (Fsp3) is 0.483. The maximum Gasteiger partial charge on any atom is 0.325 e. The van der Waals surface area contributed by atoms with Crippen LogP contribution in [0.5, 0.6) is 11.5 Å². The van der Waals surface area contributed by atoms with E-state index < -0.39 is 0 Å². The number of carbonyl (C=O) groups excluding carboxylic acids is 1. The monoisotopic (exact) mass is 517 g/mol. The van der Waals surface area contributed by atoms with Crippen molar-refractivity contribution in [2.75, 3.05) is 56.9 Å². The average molecular weight is 518 g/mol. The first-order chi connectivity index (χ1) is 18.7. The zero-order chi connectivity index (χ0) is 26.1. The molecule has 0 unspecified atom stereocenters. The Hall–Kier alpha value is -3.59. The normalized spacial score (nSPS) is 19.1. The van der Waals surface area contributed by atoms with E-state index in [0.29, 0.717) is 37.2 Å². The van der Waals surface area contributed by atoms with Gasteiger partial charge in [0, 0.05) is 56.9 Å². The molecule has 6 rings (SSSR count). The van der Waals surface area contributed by atoms with Gasteiger partial charge in [-0.05, 0) is 49.3 Å². The molecule has 0 atom stereocenters. The van der Waals surface area contributed by atoms with E-state index in [9.17, 15) is 4.79 Å². The van der Waals surface area contributed by atoms with Crippen LogP contribution < -0.4 is 19.3 Å². The molecule has 3 aromatic rings. The number of para-hydroxylation sites is 1. The molecule has 1 aromatic heterocycles. The second-order valence-electron chi connectivity index (χ2n) is 10.4. The van der Waals surface area contributed by atoms with E-state index in [1.807, 2.05) is 23.1 Å². The Morgan fingerprint density at radius 3 is 2.47 bits per heavy atom. The summed E-state index contributed by atoms with van der Waals surface area (Å²) in [5, 5.41) is 0.957. The molecular formula is C29H35N5O4. The molecule has 38 heavy (non-hydrogen) atoms. The molecular weight excluding hydrogens is 482 g/mol. The fourth-order valence-corrected chi connectivity index (χ4v) is 6.11. The summed E-state index contributed by atoms with van der Waals surface area (Å²) in [5.74, 6) is 2.69. The number of ether oxygens (including phenoxy) is 3. The topological polar surface area (TPSA) is 80.3 Å². The molecule has 0 saturated carbocycles. The second-order valence-corrected chi connectivity index (χ2v) is 10.4. The van der Waals surface area contributed by atoms with Crippen molar-refractivity contribution in [1.82, 2.24) is 14.9 Å². The number of urea groups is 1. The number of nitrogens with zero attached hydrogens (tertiary/aromatic N) is 5. The van der Waals surface area contributed by atoms with Crippen LogP contribution in [0, 0.1) is 5.92 Å². The highest BCUT2D eigenvalue weighted by atomic mass is 16.5. The first-order valence-electron chi connectivity index (χ1n) is 13.5. The number of carbonyl (C=O) groups is 1. The maximum atomic E-state index is 13.8. The van der Waals surface area contributed by atoms with Crippen LogP contribution in [0.2, 0.25) is 0 Å². The summed E-state index contributed by atoms with van der Waals surface area (Å²) in [6.07, 6.45) is 5.39. The number of anilines is 2. The molecule has 2 amide bonds. The number of rotatable bonds is 6. The van der Waals surface area contributed by atoms with Crippen molar-refractivity contribution in [1.29, 1.82) is 0 Å². The van der Waals surface area contributed by atoms with Gasteiger partial charge in [0.2, 0.25) is 0 Å². The SMILES string of the molecule is COc1cc2ncnc(N3CCC(CN4Cc5ccccc5N(C5CCOCC5)C4=O)CC3)c2cc1OC. The van der Waals surface area contributed by atoms with Crippen molar-refractivity contribution in [3.63, 3.8) is 0 Å². The molecule has 200 valence electrons. The van der Waals surface area contributed by atoms with Crippen molar-refractivity contribution >= 4 is 28.4 Å². The van der Waals surface area contributed by atoms with Gasteiger partial charge in [-0.1, -0.05) is 18.2 Å². The lowest BCUT2D eigenvalue weighted by molar-refractivity contribution is 0.0830. The number of methoxy groups -OCH3 is 2. The summed E-state index contributed by atoms with van der Waals surface area (Å²) in [5.41, 5.74) is 3.13. The van der Waals surface area contributed by atoms with E-state index in [2.05, 4.69) is 38.0 Å². The number of hydrogen-bond donors (Lipinski definition) is 0. The molecule has 4 heterocycles. The number of piperidine rings is 1. The smallest absolute Gasteiger partial charge is 0.325 e. The van der Waals surface area contributed by atoms with Gasteiger partial charge in [0.25, 0.3) is 0 Å². The Labute approximate surface area is 223 Å². The van der Waals surface area contributed by atoms with Crippen molar-refractivity contribution in [2.24, 2.45) is 5.92 Å². The Kier molecular flexibility index (Phi) is 6.93. The third-order valence-electron chi connectivity index (χ3n) is 8.16. The molecule has 0 N–H and O–H groups in total. The Bertz CT molecular complexity index is 1300. The second kappa shape index (κ2) is 10.6. The summed E-state index contributed by atoms with van der Waals surface area (Å²) in [6, 6.07) is 12.6. The predicted octanol–water partition coefficient (Wildman–Crippen LogP) is 4.48. The molecule has 9 heteroatoms. The Balaban J connectivity index is 1.16. The van der Waals surface area contributed by atoms with Crippen molar-refractivity contribution in [3.8, 4) is 11.5 Å². The number of hydrogen-bond acceptors (Lipinski definition) is 7. The summed E-state index contributed by atoms with van der Waals surface area (Å²) < 4.78 is 16.6. The predicted molar refractivity (Wildman–Crippen MR) is 146 cm³/mol. The molecule has 0 aliphatic carbocycles. The molecule has 9 nitrogen and oxygen atoms in total. The highest BCUT2D eigenvalue weighted by Gasteiger charge is 2.37. The van der Waals surface area contributed by atoms with E-state index in [1.54, 1.807) is 20.5 Å². The summed E-state index contributed by atoms with van der Waals surface area (Å²) in [4.78, 5) is 29.3. The van der Waals surface area contributed by atoms with Gasteiger partial charge in [0.15, 0.2) is 11.5 Å². The first kappa shape index (κ1) is 24.7. The Morgan fingerprint density at radius 2 is 1.71 bits per heavy atom. The quantitative estimate of drug-likeness (QED) is 0.477. The van der Waals surface area contributed by atoms with Gasteiger partial charge in [-0.3, -0.25) is 4.90 Å². The highest BCUT2D eigenvalue weighted by Crippen LogP contribution is 2.37. The maximum absolute atomic E-state index is 13.8. The molecule has 0 spiro atoms. The third kappa shape index (κ3) is 4.60. The van der Waals surface area contributed by atoms with Crippen LogP contribution >= 0.6 is 0 Å². The molecule has 0 bridgehead atoms. The number of benzene rings is 2. The van der Waals surface area contributed by atoms with Gasteiger partial charge in [-0.2, -0.15) is 0 Å². The molecule has 2 aromatic carbocycles. The summed E-state index contributed by atoms with van der Waals surface area (Å²) >= 11 is 0. The van der Waals surface area contributed by atoms with Crippen LogP contribution in [-0.2, 0) is 11.3 Å². The minimum Gasteiger partial charge on any atom is -0.493 e. The third-order valence-corrected chi connectivity index (χ3v) is 8.16. The van der Waals surface area contributed by atoms with Gasteiger partial charge >= 0.3 is 6.03 Å². The molecule has 2 fully saturated rings. The Morgan fingerprint density at radius 1 is 0.974 bits per heavy atom. The lowest BCUT2D eigenvalue weighted by atomic mass is 9.95. The lowest BCUT2D eigenvalue weighted by Crippen LogP contribution is -2.54. The van der Waals surface area contributed by atoms with Crippen LogP contribution in [0.1, 0.15) is 31.2 Å². The van der Waals surface area contributed by atoms with Crippen molar-refractivity contribution in [2.45, 2.75) is 38.3 Å². The summed E-state index contributed by atoms with van der Waals surface area (Å²) in [7, 11) is 3.27. The van der Waals surface area contributed by atoms with Crippen LogP contribution in [0.3, 0.4) is 0 Å². The van der Waals surface area contributed by atoms with E-state index in [0.717, 1.165) is 67.7 Å². The van der Waals surface area contributed by atoms with E-state index in [4.69, 9.17) is 14.2 Å². The van der Waals surface area contributed by atoms with Crippen LogP contribution in [0.15, 0.2) is 42.7 Å². The minimum atomic E-state index is 0.140. The standard InChI is InChI=1S/C29H35N5O4/c1-36-26-15-23-24(16-27(26)37-2)30-19-31-28(23)32-11-7-20(8-12-32)17-33-18-21-5-3-4-6-25(21)34(29(33)35)22-9-13-38-14-10-22/h3-6,15-16,19-20,22H,7-14,17-18H2,1-2H3. The first-order valence-corrected chi connectivity index (χ1v) is 13.5. The highest BCUT2D eigenvalue weighted by molar-refractivity contribution is 5.95. The van der Waals surface area contributed by atoms with Gasteiger partial charge in [-0.25, -0.2) is 14.8 Å². The van der Waals surface area contributed by atoms with E-state index in [-0.39, 0.29) is 12.1 Å². The van der Waals surface area contributed by atoms with Gasteiger partial charge in [0.1, 0.15) is 12.1 Å². The number of amides is 2. The van der Waals surface area contributed by atoms with Crippen molar-refractivity contribution in [3.05, 3.63) is 48.3 Å². The number of fused-ring (bicyclic) bond motifs is 2. The largest absolute Gasteiger partial charge is 0.493 e. The van der Waals surface area contributed by atoms with Crippen molar-refractivity contribution < 1.29 is 19.0 Å². The minimum absolute atomic E-state index is 0.140. The van der Waals surface area contributed by atoms with E-state index >= 15 is 0 Å². The van der Waals surface area contributed by atoms with Crippen LogP contribution in [0.4, 0.5) is 16.3 Å². The molecule has 2 saturated heterocycles.